The molecule has 5 heteroatoms. The van der Waals surface area contributed by atoms with E-state index in [0.717, 1.165) is 29.0 Å². The molecule has 0 saturated heterocycles. The maximum Gasteiger partial charge on any atom is 0.251 e. The van der Waals surface area contributed by atoms with Crippen molar-refractivity contribution in [3.63, 3.8) is 0 Å². The third kappa shape index (κ3) is 5.05. The van der Waals surface area contributed by atoms with Crippen molar-refractivity contribution in [1.82, 2.24) is 10.2 Å². The maximum absolute atomic E-state index is 13.5. The van der Waals surface area contributed by atoms with Gasteiger partial charge in [-0.1, -0.05) is 42.0 Å². The summed E-state index contributed by atoms with van der Waals surface area (Å²) >= 11 is 0. The number of fused-ring (bicyclic) bond motifs is 1. The summed E-state index contributed by atoms with van der Waals surface area (Å²) in [7, 11) is 0. The van der Waals surface area contributed by atoms with Gasteiger partial charge in [0.1, 0.15) is 18.2 Å². The molecule has 0 fully saturated rings. The first-order valence-electron chi connectivity index (χ1n) is 10.1. The van der Waals surface area contributed by atoms with Gasteiger partial charge in [-0.3, -0.25) is 9.69 Å². The van der Waals surface area contributed by atoms with E-state index in [1.807, 2.05) is 49.4 Å². The molecule has 0 unspecified atom stereocenters. The summed E-state index contributed by atoms with van der Waals surface area (Å²) in [6.07, 6.45) is 0. The van der Waals surface area contributed by atoms with E-state index in [4.69, 9.17) is 4.74 Å². The van der Waals surface area contributed by atoms with Gasteiger partial charge in [0.2, 0.25) is 0 Å². The number of ether oxygens (including phenoxy) is 1. The van der Waals surface area contributed by atoms with E-state index >= 15 is 0 Å². The lowest BCUT2D eigenvalue weighted by atomic mass is 10.1. The van der Waals surface area contributed by atoms with Crippen LogP contribution in [0.15, 0.2) is 66.7 Å². The molecule has 30 heavy (non-hydrogen) atoms. The molecule has 1 heterocycles. The largest absolute Gasteiger partial charge is 0.492 e. The molecule has 1 N–H and O–H groups in total. The number of hydrogen-bond acceptors (Lipinski definition) is 3. The quantitative estimate of drug-likeness (QED) is 0.683. The fourth-order valence-corrected chi connectivity index (χ4v) is 3.61. The Labute approximate surface area is 176 Å². The van der Waals surface area contributed by atoms with Crippen LogP contribution in [0.1, 0.15) is 32.6 Å². The first-order chi connectivity index (χ1) is 14.6. The van der Waals surface area contributed by atoms with Gasteiger partial charge in [-0.15, -0.1) is 0 Å². The topological polar surface area (TPSA) is 41.6 Å². The number of nitrogens with one attached hydrogen (secondary N) is 1. The number of carbonyl (C=O) groups excluding carboxylic acids is 1. The molecule has 4 nitrogen and oxygen atoms in total. The van der Waals surface area contributed by atoms with E-state index in [-0.39, 0.29) is 11.7 Å². The molecular weight excluding hydrogens is 379 g/mol. The summed E-state index contributed by atoms with van der Waals surface area (Å²) < 4.78 is 19.4. The minimum absolute atomic E-state index is 0.112. The highest BCUT2D eigenvalue weighted by molar-refractivity contribution is 5.94. The summed E-state index contributed by atoms with van der Waals surface area (Å²) in [4.78, 5) is 14.9. The minimum atomic E-state index is -0.230. The average Bonchev–Trinajstić information content (AvgIpc) is 2.94. The van der Waals surface area contributed by atoms with Crippen LogP contribution < -0.4 is 10.1 Å². The summed E-state index contributed by atoms with van der Waals surface area (Å²) in [5, 5.41) is 2.98. The number of nitrogens with zero attached hydrogens (tertiary/aromatic N) is 1. The number of aryl methyl sites for hydroxylation is 1. The Morgan fingerprint density at radius 1 is 1.07 bits per heavy atom. The molecule has 1 aliphatic rings. The van der Waals surface area contributed by atoms with E-state index < -0.39 is 0 Å². The summed E-state index contributed by atoms with van der Waals surface area (Å²) in [5.41, 5.74) is 4.75. The highest BCUT2D eigenvalue weighted by Gasteiger charge is 2.18. The van der Waals surface area contributed by atoms with E-state index in [2.05, 4.69) is 10.2 Å². The molecule has 0 aliphatic carbocycles. The summed E-state index contributed by atoms with van der Waals surface area (Å²) in [6, 6.07) is 20.3. The normalized spacial score (nSPS) is 13.8. The molecule has 0 aromatic heterocycles. The molecule has 0 spiro atoms. The van der Waals surface area contributed by atoms with Gasteiger partial charge in [0.15, 0.2) is 0 Å². The number of amides is 1. The fraction of sp³-hybridized carbons (Fsp3) is 0.240. The second kappa shape index (κ2) is 9.09. The van der Waals surface area contributed by atoms with E-state index in [1.54, 1.807) is 18.2 Å². The molecular formula is C25H25FN2O2. The predicted octanol–water partition coefficient (Wildman–Crippen LogP) is 4.46. The van der Waals surface area contributed by atoms with Gasteiger partial charge in [0, 0.05) is 37.3 Å². The smallest absolute Gasteiger partial charge is 0.251 e. The van der Waals surface area contributed by atoms with Crippen LogP contribution in [0, 0.1) is 12.7 Å². The number of carbonyl (C=O) groups is 1. The molecule has 0 saturated carbocycles. The third-order valence-electron chi connectivity index (χ3n) is 5.25. The molecule has 154 valence electrons. The monoisotopic (exact) mass is 404 g/mol. The van der Waals surface area contributed by atoms with E-state index in [1.165, 1.54) is 11.6 Å². The van der Waals surface area contributed by atoms with Crippen molar-refractivity contribution < 1.29 is 13.9 Å². The van der Waals surface area contributed by atoms with Crippen molar-refractivity contribution in [2.75, 3.05) is 13.2 Å². The Morgan fingerprint density at radius 3 is 2.70 bits per heavy atom. The van der Waals surface area contributed by atoms with Crippen LogP contribution in [0.5, 0.6) is 5.75 Å². The number of rotatable bonds is 5. The van der Waals surface area contributed by atoms with Crippen LogP contribution >= 0.6 is 0 Å². The van der Waals surface area contributed by atoms with Gasteiger partial charge < -0.3 is 10.1 Å². The molecule has 1 aliphatic heterocycles. The zero-order valence-corrected chi connectivity index (χ0v) is 17.0. The van der Waals surface area contributed by atoms with Crippen LogP contribution in [0.3, 0.4) is 0 Å². The lowest BCUT2D eigenvalue weighted by molar-refractivity contribution is 0.0950. The second-order valence-corrected chi connectivity index (χ2v) is 7.68. The van der Waals surface area contributed by atoms with Crippen LogP contribution in [0.4, 0.5) is 4.39 Å². The van der Waals surface area contributed by atoms with E-state index in [9.17, 15) is 9.18 Å². The number of halogens is 1. The van der Waals surface area contributed by atoms with Crippen molar-refractivity contribution in [3.05, 3.63) is 100 Å². The van der Waals surface area contributed by atoms with Crippen molar-refractivity contribution in [2.45, 2.75) is 26.6 Å². The van der Waals surface area contributed by atoms with Gasteiger partial charge in [0.05, 0.1) is 0 Å². The zero-order valence-electron chi connectivity index (χ0n) is 17.0. The standard InChI is InChI=1S/C25H25FN2O2/c1-18-5-7-19(8-6-18)15-27-25(29)21-9-10-24-22(14-21)17-28(11-12-30-24)16-20-3-2-4-23(26)13-20/h2-10,13-14H,11-12,15-17H2,1H3,(H,27,29). The Balaban J connectivity index is 1.44. The van der Waals surface area contributed by atoms with E-state index in [0.29, 0.717) is 31.8 Å². The molecule has 4 rings (SSSR count). The predicted molar refractivity (Wildman–Crippen MR) is 115 cm³/mol. The molecule has 0 radical (unpaired) electrons. The molecule has 0 atom stereocenters. The van der Waals surface area contributed by atoms with Crippen molar-refractivity contribution in [3.8, 4) is 5.75 Å². The fourth-order valence-electron chi connectivity index (χ4n) is 3.61. The Bertz CT molecular complexity index is 1030. The second-order valence-electron chi connectivity index (χ2n) is 7.68. The average molecular weight is 404 g/mol. The van der Waals surface area contributed by atoms with Crippen LogP contribution in [0.2, 0.25) is 0 Å². The van der Waals surface area contributed by atoms with Gasteiger partial charge in [0.25, 0.3) is 5.91 Å². The first kappa shape index (κ1) is 20.1. The number of benzene rings is 3. The highest BCUT2D eigenvalue weighted by Crippen LogP contribution is 2.25. The molecule has 0 bridgehead atoms. The SMILES string of the molecule is Cc1ccc(CNC(=O)c2ccc3c(c2)CN(Cc2cccc(F)c2)CCO3)cc1. The minimum Gasteiger partial charge on any atom is -0.492 e. The first-order valence-corrected chi connectivity index (χ1v) is 10.1. The van der Waals surface area contributed by atoms with Crippen LogP contribution in [-0.2, 0) is 19.6 Å². The maximum atomic E-state index is 13.5. The zero-order chi connectivity index (χ0) is 20.9. The van der Waals surface area contributed by atoms with Crippen molar-refractivity contribution in [1.29, 1.82) is 0 Å². The van der Waals surface area contributed by atoms with Gasteiger partial charge in [-0.2, -0.15) is 0 Å². The summed E-state index contributed by atoms with van der Waals surface area (Å²) in [5.74, 6) is 0.456. The Kier molecular flexibility index (Phi) is 6.10. The van der Waals surface area contributed by atoms with Crippen LogP contribution in [0.25, 0.3) is 0 Å². The molecule has 1 amide bonds. The van der Waals surface area contributed by atoms with Gasteiger partial charge >= 0.3 is 0 Å². The van der Waals surface area contributed by atoms with Crippen molar-refractivity contribution in [2.24, 2.45) is 0 Å². The number of hydrogen-bond donors (Lipinski definition) is 1. The lowest BCUT2D eigenvalue weighted by Crippen LogP contribution is -2.25. The highest BCUT2D eigenvalue weighted by atomic mass is 19.1. The van der Waals surface area contributed by atoms with Gasteiger partial charge in [-0.05, 0) is 48.4 Å². The molecule has 3 aromatic rings. The summed E-state index contributed by atoms with van der Waals surface area (Å²) in [6.45, 7) is 5.09. The molecule has 3 aromatic carbocycles. The Hall–Kier alpha value is -3.18. The van der Waals surface area contributed by atoms with Crippen molar-refractivity contribution >= 4 is 5.91 Å². The van der Waals surface area contributed by atoms with Gasteiger partial charge in [-0.25, -0.2) is 4.39 Å². The lowest BCUT2D eigenvalue weighted by Gasteiger charge is -2.19. The Morgan fingerprint density at radius 2 is 1.90 bits per heavy atom. The van der Waals surface area contributed by atoms with Crippen LogP contribution in [-0.4, -0.2) is 24.0 Å². The third-order valence-corrected chi connectivity index (χ3v) is 5.25.